The topological polar surface area (TPSA) is 87.7 Å². The summed E-state index contributed by atoms with van der Waals surface area (Å²) in [5.74, 6) is 1.15. The van der Waals surface area contributed by atoms with Gasteiger partial charge in [0.2, 0.25) is 0 Å². The third-order valence-electron chi connectivity index (χ3n) is 5.50. The van der Waals surface area contributed by atoms with Crippen LogP contribution in [0.5, 0.6) is 5.75 Å². The van der Waals surface area contributed by atoms with Crippen molar-refractivity contribution in [2.75, 3.05) is 50.0 Å². The van der Waals surface area contributed by atoms with Crippen LogP contribution in [0.2, 0.25) is 0 Å². The summed E-state index contributed by atoms with van der Waals surface area (Å²) in [5, 5.41) is 8.77. The summed E-state index contributed by atoms with van der Waals surface area (Å²) in [4.78, 5) is 4.61. The predicted octanol–water partition coefficient (Wildman–Crippen LogP) is 3.01. The lowest BCUT2D eigenvalue weighted by molar-refractivity contribution is 0.312. The molecule has 32 heavy (non-hydrogen) atoms. The Bertz CT molecular complexity index is 1190. The lowest BCUT2D eigenvalue weighted by Gasteiger charge is -2.32. The normalized spacial score (nSPS) is 14.9. The van der Waals surface area contributed by atoms with E-state index in [9.17, 15) is 8.42 Å². The van der Waals surface area contributed by atoms with E-state index in [0.29, 0.717) is 17.1 Å². The molecule has 8 nitrogen and oxygen atoms in total. The lowest BCUT2D eigenvalue weighted by Crippen LogP contribution is -2.44. The van der Waals surface area contributed by atoms with Crippen LogP contribution >= 0.6 is 0 Å². The molecule has 0 spiro atoms. The summed E-state index contributed by atoms with van der Waals surface area (Å²) >= 11 is 0. The van der Waals surface area contributed by atoms with E-state index in [-0.39, 0.29) is 4.90 Å². The Morgan fingerprint density at radius 3 is 2.44 bits per heavy atom. The summed E-state index contributed by atoms with van der Waals surface area (Å²) in [6, 6.07) is 16.0. The fourth-order valence-electron chi connectivity index (χ4n) is 3.63. The molecule has 168 valence electrons. The zero-order valence-corrected chi connectivity index (χ0v) is 19.3. The number of anilines is 2. The maximum atomic E-state index is 13.0. The third kappa shape index (κ3) is 4.84. The van der Waals surface area contributed by atoms with Crippen molar-refractivity contribution in [3.63, 3.8) is 0 Å². The molecular weight excluding hydrogens is 426 g/mol. The monoisotopic (exact) mass is 453 g/mol. The fourth-order valence-corrected chi connectivity index (χ4v) is 4.93. The van der Waals surface area contributed by atoms with Gasteiger partial charge in [-0.1, -0.05) is 18.2 Å². The van der Waals surface area contributed by atoms with E-state index < -0.39 is 10.0 Å². The molecule has 0 aliphatic carbocycles. The molecule has 1 saturated heterocycles. The number of aromatic nitrogens is 2. The Hall–Kier alpha value is -3.17. The third-order valence-corrected chi connectivity index (χ3v) is 6.90. The average Bonchev–Trinajstić information content (AvgIpc) is 2.79. The highest BCUT2D eigenvalue weighted by molar-refractivity contribution is 7.92. The zero-order chi connectivity index (χ0) is 22.7. The van der Waals surface area contributed by atoms with Crippen LogP contribution in [0.4, 0.5) is 11.5 Å². The summed E-state index contributed by atoms with van der Waals surface area (Å²) in [6.45, 7) is 5.67. The highest BCUT2D eigenvalue weighted by Crippen LogP contribution is 2.28. The molecule has 1 aliphatic heterocycles. The highest BCUT2D eigenvalue weighted by Gasteiger charge is 2.20. The van der Waals surface area contributed by atoms with E-state index >= 15 is 0 Å². The predicted molar refractivity (Wildman–Crippen MR) is 126 cm³/mol. The van der Waals surface area contributed by atoms with Gasteiger partial charge in [-0.05, 0) is 55.9 Å². The molecule has 2 aromatic carbocycles. The van der Waals surface area contributed by atoms with Crippen molar-refractivity contribution in [1.29, 1.82) is 0 Å². The van der Waals surface area contributed by atoms with E-state index in [1.165, 1.54) is 7.11 Å². The van der Waals surface area contributed by atoms with Gasteiger partial charge in [0.25, 0.3) is 10.0 Å². The number of sulfonamides is 1. The molecule has 3 aromatic rings. The second kappa shape index (κ2) is 9.13. The summed E-state index contributed by atoms with van der Waals surface area (Å²) < 4.78 is 33.9. The number of piperazine rings is 1. The number of nitrogens with one attached hydrogen (secondary N) is 1. The highest BCUT2D eigenvalue weighted by atomic mass is 32.2. The van der Waals surface area contributed by atoms with Crippen LogP contribution in [-0.2, 0) is 10.0 Å². The first-order valence-electron chi connectivity index (χ1n) is 10.4. The number of benzene rings is 2. The number of methoxy groups -OCH3 is 1. The van der Waals surface area contributed by atoms with Gasteiger partial charge in [0.05, 0.1) is 12.8 Å². The molecule has 2 heterocycles. The van der Waals surface area contributed by atoms with Crippen molar-refractivity contribution in [3.8, 4) is 17.0 Å². The van der Waals surface area contributed by atoms with Crippen LogP contribution in [0.25, 0.3) is 11.3 Å². The Balaban J connectivity index is 1.54. The molecule has 0 radical (unpaired) electrons. The smallest absolute Gasteiger partial charge is 0.265 e. The van der Waals surface area contributed by atoms with Gasteiger partial charge in [-0.2, -0.15) is 0 Å². The first kappa shape index (κ1) is 22.0. The second-order valence-electron chi connectivity index (χ2n) is 7.91. The Morgan fingerprint density at radius 2 is 1.75 bits per heavy atom. The van der Waals surface area contributed by atoms with Gasteiger partial charge in [0, 0.05) is 37.4 Å². The minimum Gasteiger partial charge on any atom is -0.495 e. The van der Waals surface area contributed by atoms with Crippen LogP contribution in [0.1, 0.15) is 5.56 Å². The van der Waals surface area contributed by atoms with Crippen LogP contribution in [0.3, 0.4) is 0 Å². The van der Waals surface area contributed by atoms with Gasteiger partial charge in [0.1, 0.15) is 10.6 Å². The maximum Gasteiger partial charge on any atom is 0.265 e. The molecule has 0 atom stereocenters. The van der Waals surface area contributed by atoms with Crippen molar-refractivity contribution < 1.29 is 13.2 Å². The van der Waals surface area contributed by atoms with E-state index in [0.717, 1.165) is 43.1 Å². The molecular formula is C23H27N5O3S. The first-order chi connectivity index (χ1) is 15.4. The summed E-state index contributed by atoms with van der Waals surface area (Å²) in [6.07, 6.45) is 0. The minimum absolute atomic E-state index is 0.0988. The number of aryl methyl sites for hydroxylation is 1. The zero-order valence-electron chi connectivity index (χ0n) is 18.4. The molecule has 1 aliphatic rings. The number of ether oxygens (including phenoxy) is 1. The molecule has 0 saturated carbocycles. The van der Waals surface area contributed by atoms with Crippen molar-refractivity contribution in [3.05, 3.63) is 60.2 Å². The molecule has 0 bridgehead atoms. The Kier molecular flexibility index (Phi) is 6.29. The standard InChI is InChI=1S/C23H27N5O3S/c1-17-7-9-21(31-3)22(15-17)32(29,30)26-19-6-4-5-18(16-19)20-8-10-23(25-24-20)28-13-11-27(2)12-14-28/h4-10,15-16,26H,11-14H2,1-3H3. The number of rotatable bonds is 6. The largest absolute Gasteiger partial charge is 0.495 e. The van der Waals surface area contributed by atoms with Crippen molar-refractivity contribution >= 4 is 21.5 Å². The van der Waals surface area contributed by atoms with E-state index in [1.54, 1.807) is 30.3 Å². The number of hydrogen-bond donors (Lipinski definition) is 1. The number of hydrogen-bond acceptors (Lipinski definition) is 7. The van der Waals surface area contributed by atoms with Gasteiger partial charge in [-0.25, -0.2) is 8.42 Å². The van der Waals surface area contributed by atoms with Gasteiger partial charge < -0.3 is 14.5 Å². The van der Waals surface area contributed by atoms with E-state index in [2.05, 4.69) is 31.8 Å². The lowest BCUT2D eigenvalue weighted by atomic mass is 10.1. The van der Waals surface area contributed by atoms with Gasteiger partial charge >= 0.3 is 0 Å². The van der Waals surface area contributed by atoms with Gasteiger partial charge in [0.15, 0.2) is 5.82 Å². The minimum atomic E-state index is -3.82. The van der Waals surface area contributed by atoms with Gasteiger partial charge in [-0.3, -0.25) is 4.72 Å². The van der Waals surface area contributed by atoms with Crippen molar-refractivity contribution in [2.45, 2.75) is 11.8 Å². The van der Waals surface area contributed by atoms with Gasteiger partial charge in [-0.15, -0.1) is 10.2 Å². The molecule has 1 fully saturated rings. The van der Waals surface area contributed by atoms with Crippen LogP contribution in [-0.4, -0.2) is 63.9 Å². The Morgan fingerprint density at radius 1 is 0.969 bits per heavy atom. The first-order valence-corrected chi connectivity index (χ1v) is 11.9. The van der Waals surface area contributed by atoms with E-state index in [4.69, 9.17) is 4.74 Å². The molecule has 0 amide bonds. The fraction of sp³-hybridized carbons (Fsp3) is 0.304. The van der Waals surface area contributed by atoms with Crippen molar-refractivity contribution in [1.82, 2.24) is 15.1 Å². The van der Waals surface area contributed by atoms with Crippen molar-refractivity contribution in [2.24, 2.45) is 0 Å². The van der Waals surface area contributed by atoms with E-state index in [1.807, 2.05) is 31.2 Å². The summed E-state index contributed by atoms with van der Waals surface area (Å²) in [7, 11) is -0.258. The van der Waals surface area contributed by atoms with Crippen LogP contribution < -0.4 is 14.4 Å². The van der Waals surface area contributed by atoms with Crippen LogP contribution in [0, 0.1) is 6.92 Å². The quantitative estimate of drug-likeness (QED) is 0.614. The maximum absolute atomic E-state index is 13.0. The number of likely N-dealkylation sites (N-methyl/N-ethyl adjacent to an activating group) is 1. The summed E-state index contributed by atoms with van der Waals surface area (Å²) in [5.41, 5.74) is 2.72. The molecule has 4 rings (SSSR count). The Labute approximate surface area is 188 Å². The molecule has 1 N–H and O–H groups in total. The second-order valence-corrected chi connectivity index (χ2v) is 9.56. The van der Waals surface area contributed by atoms with Crippen LogP contribution in [0.15, 0.2) is 59.5 Å². The molecule has 9 heteroatoms. The average molecular weight is 454 g/mol. The number of nitrogens with zero attached hydrogens (tertiary/aromatic N) is 4. The molecule has 1 aromatic heterocycles. The molecule has 0 unspecified atom stereocenters. The SMILES string of the molecule is COc1ccc(C)cc1S(=O)(=O)Nc1cccc(-c2ccc(N3CCN(C)CC3)nn2)c1.